The summed E-state index contributed by atoms with van der Waals surface area (Å²) in [6.45, 7) is 1.34. The molecule has 7 heteroatoms. The molecule has 3 heterocycles. The Morgan fingerprint density at radius 3 is 2.68 bits per heavy atom. The molecule has 0 bridgehead atoms. The van der Waals surface area contributed by atoms with E-state index in [0.29, 0.717) is 36.7 Å². The first-order chi connectivity index (χ1) is 15.3. The molecule has 2 aromatic heterocycles. The summed E-state index contributed by atoms with van der Waals surface area (Å²) < 4.78 is 13.5. The monoisotopic (exact) mass is 431 g/mol. The molecule has 0 saturated carbocycles. The predicted molar refractivity (Wildman–Crippen MR) is 120 cm³/mol. The zero-order valence-electron chi connectivity index (χ0n) is 16.7. The number of fused-ring (bicyclic) bond motifs is 1. The molecule has 1 atom stereocenters. The minimum Gasteiger partial charge on any atom is -0.486 e. The quantitative estimate of drug-likeness (QED) is 0.496. The van der Waals surface area contributed by atoms with Crippen molar-refractivity contribution < 1.29 is 14.3 Å². The number of benzene rings is 2. The molecule has 5 rings (SSSR count). The molecule has 0 fully saturated rings. The summed E-state index contributed by atoms with van der Waals surface area (Å²) in [5, 5.41) is 9.67. The highest BCUT2D eigenvalue weighted by Gasteiger charge is 2.23. The van der Waals surface area contributed by atoms with Crippen LogP contribution in [0, 0.1) is 0 Å². The highest BCUT2D eigenvalue weighted by molar-refractivity contribution is 7.13. The van der Waals surface area contributed by atoms with Crippen LogP contribution in [0.1, 0.15) is 15.9 Å². The summed E-state index contributed by atoms with van der Waals surface area (Å²) in [6, 6.07) is 21.6. The Bertz CT molecular complexity index is 1170. The molecule has 6 nitrogen and oxygen atoms in total. The second kappa shape index (κ2) is 8.65. The summed E-state index contributed by atoms with van der Waals surface area (Å²) in [4.78, 5) is 14.0. The normalized spacial score (nSPS) is 14.9. The lowest BCUT2D eigenvalue weighted by molar-refractivity contribution is 0.0789. The number of nitrogens with zero attached hydrogens (tertiary/aromatic N) is 2. The Morgan fingerprint density at radius 2 is 1.87 bits per heavy atom. The Morgan fingerprint density at radius 1 is 1.06 bits per heavy atom. The van der Waals surface area contributed by atoms with Crippen LogP contribution < -0.4 is 14.8 Å². The van der Waals surface area contributed by atoms with Crippen LogP contribution in [0.25, 0.3) is 10.6 Å². The number of ether oxygens (including phenoxy) is 2. The maximum absolute atomic E-state index is 13.1. The molecule has 0 radical (unpaired) electrons. The number of para-hydroxylation sites is 2. The van der Waals surface area contributed by atoms with Crippen molar-refractivity contribution in [3.63, 3.8) is 0 Å². The highest BCUT2D eigenvalue weighted by atomic mass is 32.1. The summed E-state index contributed by atoms with van der Waals surface area (Å²) in [6.07, 6.45) is 1.56. The fourth-order valence-electron chi connectivity index (χ4n) is 3.50. The van der Waals surface area contributed by atoms with Gasteiger partial charge in [0.2, 0.25) is 0 Å². The third-order valence-electron chi connectivity index (χ3n) is 5.01. The molecular weight excluding hydrogens is 410 g/mol. The lowest BCUT2D eigenvalue weighted by Gasteiger charge is -2.26. The summed E-state index contributed by atoms with van der Waals surface area (Å²) in [5.74, 6) is 1.25. The molecule has 1 amide bonds. The van der Waals surface area contributed by atoms with E-state index >= 15 is 0 Å². The lowest BCUT2D eigenvalue weighted by atomic mass is 10.2. The van der Waals surface area contributed by atoms with E-state index in [2.05, 4.69) is 5.32 Å². The number of amides is 1. The maximum atomic E-state index is 13.1. The van der Waals surface area contributed by atoms with Crippen LogP contribution in [0.5, 0.6) is 11.5 Å². The van der Waals surface area contributed by atoms with Gasteiger partial charge in [-0.3, -0.25) is 9.48 Å². The molecule has 0 unspecified atom stereocenters. The van der Waals surface area contributed by atoms with Crippen molar-refractivity contribution in [2.45, 2.75) is 12.6 Å². The molecule has 31 heavy (non-hydrogen) atoms. The van der Waals surface area contributed by atoms with Crippen LogP contribution >= 0.6 is 11.3 Å². The van der Waals surface area contributed by atoms with Crippen LogP contribution in [0.4, 0.5) is 0 Å². The maximum Gasteiger partial charge on any atom is 0.255 e. The van der Waals surface area contributed by atoms with E-state index in [0.717, 1.165) is 16.2 Å². The third-order valence-corrected chi connectivity index (χ3v) is 5.88. The van der Waals surface area contributed by atoms with Crippen molar-refractivity contribution >= 4 is 17.2 Å². The molecule has 0 spiro atoms. The second-order valence-corrected chi connectivity index (χ2v) is 8.21. The van der Waals surface area contributed by atoms with Gasteiger partial charge in [-0.05, 0) is 29.1 Å². The molecule has 1 aliphatic heterocycles. The number of thiophene rings is 1. The highest BCUT2D eigenvalue weighted by Crippen LogP contribution is 2.31. The summed E-state index contributed by atoms with van der Waals surface area (Å²) >= 11 is 1.57. The molecule has 1 N–H and O–H groups in total. The first-order valence-corrected chi connectivity index (χ1v) is 11.0. The minimum absolute atomic E-state index is 0.176. The van der Waals surface area contributed by atoms with Crippen molar-refractivity contribution in [3.8, 4) is 22.1 Å². The largest absolute Gasteiger partial charge is 0.486 e. The second-order valence-electron chi connectivity index (χ2n) is 7.26. The fraction of sp³-hybridized carbons (Fsp3) is 0.167. The van der Waals surface area contributed by atoms with E-state index in [-0.39, 0.29) is 12.0 Å². The smallest absolute Gasteiger partial charge is 0.255 e. The SMILES string of the molecule is O=C(NC[C@H]1COc2ccccc2O1)c1cn(Cc2ccccc2)nc1-c1cccs1. The standard InChI is InChI=1S/C24H21N3O3S/c28-24(25-13-18-16-29-20-9-4-5-10-21(20)30-18)19-15-27(14-17-7-2-1-3-8-17)26-23(19)22-11-6-12-31-22/h1-12,15,18H,13-14,16H2,(H,25,28)/t18-/m0/s1. The molecule has 4 aromatic rings. The molecule has 156 valence electrons. The minimum atomic E-state index is -0.247. The van der Waals surface area contributed by atoms with Gasteiger partial charge in [0.25, 0.3) is 5.91 Å². The van der Waals surface area contributed by atoms with Gasteiger partial charge in [0.1, 0.15) is 18.4 Å². The Hall–Kier alpha value is -3.58. The summed E-state index contributed by atoms with van der Waals surface area (Å²) in [7, 11) is 0. The number of nitrogens with one attached hydrogen (secondary N) is 1. The van der Waals surface area contributed by atoms with E-state index in [1.54, 1.807) is 11.3 Å². The van der Waals surface area contributed by atoms with Crippen molar-refractivity contribution in [1.29, 1.82) is 0 Å². The molecular formula is C24H21N3O3S. The topological polar surface area (TPSA) is 65.4 Å². The molecule has 0 aliphatic carbocycles. The van der Waals surface area contributed by atoms with Gasteiger partial charge in [0.05, 0.1) is 23.5 Å². The number of hydrogen-bond donors (Lipinski definition) is 1. The van der Waals surface area contributed by atoms with E-state index < -0.39 is 0 Å². The van der Waals surface area contributed by atoms with E-state index in [9.17, 15) is 4.79 Å². The van der Waals surface area contributed by atoms with E-state index in [1.165, 1.54) is 0 Å². The van der Waals surface area contributed by atoms with Gasteiger partial charge in [0.15, 0.2) is 11.5 Å². The summed E-state index contributed by atoms with van der Waals surface area (Å²) in [5.41, 5.74) is 2.37. The zero-order chi connectivity index (χ0) is 21.0. The van der Waals surface area contributed by atoms with Gasteiger partial charge in [-0.25, -0.2) is 0 Å². The van der Waals surface area contributed by atoms with Crippen molar-refractivity contribution in [1.82, 2.24) is 15.1 Å². The average Bonchev–Trinajstić information content (AvgIpc) is 3.48. The zero-order valence-corrected chi connectivity index (χ0v) is 17.5. The molecule has 1 aliphatic rings. The average molecular weight is 432 g/mol. The number of hydrogen-bond acceptors (Lipinski definition) is 5. The number of aromatic nitrogens is 2. The van der Waals surface area contributed by atoms with E-state index in [4.69, 9.17) is 14.6 Å². The van der Waals surface area contributed by atoms with Gasteiger partial charge >= 0.3 is 0 Å². The Balaban J connectivity index is 1.32. The third kappa shape index (κ3) is 4.32. The predicted octanol–water partition coefficient (Wildman–Crippen LogP) is 4.23. The van der Waals surface area contributed by atoms with Crippen molar-refractivity contribution in [2.75, 3.05) is 13.2 Å². The van der Waals surface area contributed by atoms with Crippen LogP contribution in [-0.4, -0.2) is 34.9 Å². The van der Waals surface area contributed by atoms with Crippen LogP contribution in [-0.2, 0) is 6.54 Å². The van der Waals surface area contributed by atoms with Crippen molar-refractivity contribution in [2.24, 2.45) is 0 Å². The lowest BCUT2D eigenvalue weighted by Crippen LogP contribution is -2.40. The van der Waals surface area contributed by atoms with Crippen LogP contribution in [0.3, 0.4) is 0 Å². The number of carbonyl (C=O) groups excluding carboxylic acids is 1. The fourth-order valence-corrected chi connectivity index (χ4v) is 4.22. The first kappa shape index (κ1) is 19.4. The number of rotatable bonds is 6. The van der Waals surface area contributed by atoms with Gasteiger partial charge in [0, 0.05) is 6.20 Å². The van der Waals surface area contributed by atoms with Gasteiger partial charge in [-0.2, -0.15) is 5.10 Å². The number of carbonyl (C=O) groups is 1. The molecule has 2 aromatic carbocycles. The molecule has 0 saturated heterocycles. The van der Waals surface area contributed by atoms with E-state index in [1.807, 2.05) is 83.0 Å². The Kier molecular flexibility index (Phi) is 5.41. The van der Waals surface area contributed by atoms with Gasteiger partial charge in [-0.1, -0.05) is 48.5 Å². The Labute approximate surface area is 184 Å². The first-order valence-electron chi connectivity index (χ1n) is 10.1. The van der Waals surface area contributed by atoms with Crippen LogP contribution in [0.2, 0.25) is 0 Å². The van der Waals surface area contributed by atoms with Crippen LogP contribution in [0.15, 0.2) is 78.3 Å². The van der Waals surface area contributed by atoms with Gasteiger partial charge < -0.3 is 14.8 Å². The van der Waals surface area contributed by atoms with Crippen molar-refractivity contribution in [3.05, 3.63) is 89.4 Å². The van der Waals surface area contributed by atoms with Gasteiger partial charge in [-0.15, -0.1) is 11.3 Å².